The Hall–Kier alpha value is -1.89. The molecule has 0 radical (unpaired) electrons. The zero-order chi connectivity index (χ0) is 13.6. The van der Waals surface area contributed by atoms with E-state index < -0.39 is 11.2 Å². The smallest absolute Gasteiger partial charge is 0.165 e. The Balaban J connectivity index is 2.55. The molecule has 0 heterocycles. The largest absolute Gasteiger partial charge is 0.490 e. The maximum atomic E-state index is 13.4. The number of halogens is 1. The van der Waals surface area contributed by atoms with Crippen LogP contribution in [0.5, 0.6) is 5.75 Å². The van der Waals surface area contributed by atoms with Gasteiger partial charge < -0.3 is 4.74 Å². The predicted octanol–water partition coefficient (Wildman–Crippen LogP) is 3.35. The molecule has 0 atom stereocenters. The van der Waals surface area contributed by atoms with Crippen molar-refractivity contribution < 1.29 is 13.9 Å². The SMILES string of the molecule is CC(C)(C#N)CCCOc1c(F)cccc1C=O. The number of benzene rings is 1. The molecule has 3 nitrogen and oxygen atoms in total. The summed E-state index contributed by atoms with van der Waals surface area (Å²) in [5.74, 6) is -0.554. The summed E-state index contributed by atoms with van der Waals surface area (Å²) in [5.41, 5.74) is -0.207. The summed E-state index contributed by atoms with van der Waals surface area (Å²) in [6, 6.07) is 6.41. The Labute approximate surface area is 106 Å². The second-order valence-electron chi connectivity index (χ2n) is 4.72. The average Bonchev–Trinajstić information content (AvgIpc) is 2.36. The van der Waals surface area contributed by atoms with Gasteiger partial charge >= 0.3 is 0 Å². The van der Waals surface area contributed by atoms with Crippen molar-refractivity contribution in [3.63, 3.8) is 0 Å². The minimum Gasteiger partial charge on any atom is -0.490 e. The van der Waals surface area contributed by atoms with Gasteiger partial charge in [0.05, 0.1) is 23.7 Å². The molecule has 0 aliphatic rings. The molecule has 0 spiro atoms. The van der Waals surface area contributed by atoms with Gasteiger partial charge in [0.2, 0.25) is 0 Å². The normalized spacial score (nSPS) is 10.8. The molecule has 0 amide bonds. The Morgan fingerprint density at radius 2 is 2.22 bits per heavy atom. The highest BCUT2D eigenvalue weighted by molar-refractivity contribution is 5.79. The molecule has 4 heteroatoms. The number of nitriles is 1. The number of para-hydroxylation sites is 1. The number of ether oxygens (including phenoxy) is 1. The van der Waals surface area contributed by atoms with Crippen molar-refractivity contribution in [2.45, 2.75) is 26.7 Å². The van der Waals surface area contributed by atoms with Crippen LogP contribution < -0.4 is 4.74 Å². The number of nitrogens with zero attached hydrogens (tertiary/aromatic N) is 1. The molecule has 18 heavy (non-hydrogen) atoms. The average molecular weight is 249 g/mol. The third-order valence-corrected chi connectivity index (χ3v) is 2.62. The summed E-state index contributed by atoms with van der Waals surface area (Å²) in [6.45, 7) is 3.97. The lowest BCUT2D eigenvalue weighted by Gasteiger charge is -2.15. The van der Waals surface area contributed by atoms with Crippen LogP contribution >= 0.6 is 0 Å². The van der Waals surface area contributed by atoms with E-state index in [1.54, 1.807) is 0 Å². The fourth-order valence-electron chi connectivity index (χ4n) is 1.51. The van der Waals surface area contributed by atoms with Gasteiger partial charge in [-0.1, -0.05) is 6.07 Å². The highest BCUT2D eigenvalue weighted by Gasteiger charge is 2.16. The van der Waals surface area contributed by atoms with Gasteiger partial charge in [-0.25, -0.2) is 4.39 Å². The summed E-state index contributed by atoms with van der Waals surface area (Å²) in [6.07, 6.45) is 1.86. The lowest BCUT2D eigenvalue weighted by atomic mass is 9.90. The number of aldehydes is 1. The van der Waals surface area contributed by atoms with E-state index in [-0.39, 0.29) is 17.9 Å². The zero-order valence-corrected chi connectivity index (χ0v) is 10.6. The maximum absolute atomic E-state index is 13.4. The molecule has 0 saturated heterocycles. The number of hydrogen-bond acceptors (Lipinski definition) is 3. The van der Waals surface area contributed by atoms with Crippen molar-refractivity contribution in [1.29, 1.82) is 5.26 Å². The van der Waals surface area contributed by atoms with Crippen LogP contribution in [-0.2, 0) is 0 Å². The molecular weight excluding hydrogens is 233 g/mol. The van der Waals surface area contributed by atoms with Gasteiger partial charge in [0, 0.05) is 0 Å². The first-order chi connectivity index (χ1) is 8.50. The Kier molecular flexibility index (Phi) is 4.85. The monoisotopic (exact) mass is 249 g/mol. The van der Waals surface area contributed by atoms with Gasteiger partial charge in [-0.05, 0) is 38.8 Å². The molecule has 0 fully saturated rings. The second-order valence-corrected chi connectivity index (χ2v) is 4.72. The second kappa shape index (κ2) is 6.15. The molecule has 1 aromatic rings. The molecule has 0 bridgehead atoms. The topological polar surface area (TPSA) is 50.1 Å². The first-order valence-corrected chi connectivity index (χ1v) is 5.78. The summed E-state index contributed by atoms with van der Waals surface area (Å²) >= 11 is 0. The Bertz CT molecular complexity index is 463. The minimum absolute atomic E-state index is 0.0118. The molecule has 1 aromatic carbocycles. The standard InChI is InChI=1S/C14H16FNO2/c1-14(2,10-16)7-4-8-18-13-11(9-17)5-3-6-12(13)15/h3,5-6,9H,4,7-8H2,1-2H3. The van der Waals surface area contributed by atoms with E-state index in [9.17, 15) is 9.18 Å². The van der Waals surface area contributed by atoms with Crippen molar-refractivity contribution in [2.24, 2.45) is 5.41 Å². The van der Waals surface area contributed by atoms with Crippen LogP contribution in [0, 0.1) is 22.6 Å². The summed E-state index contributed by atoms with van der Waals surface area (Å²) < 4.78 is 18.7. The van der Waals surface area contributed by atoms with Crippen molar-refractivity contribution >= 4 is 6.29 Å². The van der Waals surface area contributed by atoms with Gasteiger partial charge in [-0.3, -0.25) is 4.79 Å². The highest BCUT2D eigenvalue weighted by Crippen LogP contribution is 2.23. The molecule has 0 aliphatic heterocycles. The first kappa shape index (κ1) is 14.2. The van der Waals surface area contributed by atoms with E-state index in [4.69, 9.17) is 10.00 Å². The fraction of sp³-hybridized carbons (Fsp3) is 0.429. The molecule has 0 N–H and O–H groups in total. The van der Waals surface area contributed by atoms with E-state index in [0.717, 1.165) is 0 Å². The number of carbonyl (C=O) groups is 1. The molecule has 0 aromatic heterocycles. The Morgan fingerprint density at radius 3 is 2.83 bits per heavy atom. The molecule has 0 aliphatic carbocycles. The zero-order valence-electron chi connectivity index (χ0n) is 10.6. The Morgan fingerprint density at radius 1 is 1.50 bits per heavy atom. The number of rotatable bonds is 6. The summed E-state index contributed by atoms with van der Waals surface area (Å²) in [5, 5.41) is 8.84. The lowest BCUT2D eigenvalue weighted by Crippen LogP contribution is -2.10. The van der Waals surface area contributed by atoms with E-state index >= 15 is 0 Å². The molecule has 96 valence electrons. The van der Waals surface area contributed by atoms with Crippen LogP contribution in [-0.4, -0.2) is 12.9 Å². The quantitative estimate of drug-likeness (QED) is 0.574. The summed E-state index contributed by atoms with van der Waals surface area (Å²) in [4.78, 5) is 10.7. The maximum Gasteiger partial charge on any atom is 0.165 e. The van der Waals surface area contributed by atoms with E-state index in [2.05, 4.69) is 6.07 Å². The number of hydrogen-bond donors (Lipinski definition) is 0. The fourth-order valence-corrected chi connectivity index (χ4v) is 1.51. The van der Waals surface area contributed by atoms with E-state index in [0.29, 0.717) is 19.1 Å². The van der Waals surface area contributed by atoms with Crippen LogP contribution in [0.2, 0.25) is 0 Å². The van der Waals surface area contributed by atoms with Crippen LogP contribution in [0.1, 0.15) is 37.0 Å². The van der Waals surface area contributed by atoms with Crippen molar-refractivity contribution in [1.82, 2.24) is 0 Å². The summed E-state index contributed by atoms with van der Waals surface area (Å²) in [7, 11) is 0. The minimum atomic E-state index is -0.542. The van der Waals surface area contributed by atoms with Gasteiger partial charge in [-0.15, -0.1) is 0 Å². The van der Waals surface area contributed by atoms with Crippen molar-refractivity contribution in [3.05, 3.63) is 29.6 Å². The van der Waals surface area contributed by atoms with Gasteiger partial charge in [0.25, 0.3) is 0 Å². The number of carbonyl (C=O) groups excluding carboxylic acids is 1. The van der Waals surface area contributed by atoms with Gasteiger partial charge in [0.1, 0.15) is 0 Å². The highest BCUT2D eigenvalue weighted by atomic mass is 19.1. The predicted molar refractivity (Wildman–Crippen MR) is 65.9 cm³/mol. The van der Waals surface area contributed by atoms with Crippen molar-refractivity contribution in [3.8, 4) is 11.8 Å². The van der Waals surface area contributed by atoms with Crippen LogP contribution in [0.25, 0.3) is 0 Å². The molecule has 0 saturated carbocycles. The van der Waals surface area contributed by atoms with Crippen LogP contribution in [0.4, 0.5) is 4.39 Å². The molecule has 1 rings (SSSR count). The third-order valence-electron chi connectivity index (χ3n) is 2.62. The van der Waals surface area contributed by atoms with Gasteiger partial charge in [0.15, 0.2) is 17.9 Å². The molecule has 0 unspecified atom stereocenters. The lowest BCUT2D eigenvalue weighted by molar-refractivity contribution is 0.111. The first-order valence-electron chi connectivity index (χ1n) is 5.78. The van der Waals surface area contributed by atoms with E-state index in [1.807, 2.05) is 13.8 Å². The molecular formula is C14H16FNO2. The van der Waals surface area contributed by atoms with Crippen LogP contribution in [0.15, 0.2) is 18.2 Å². The van der Waals surface area contributed by atoms with Gasteiger partial charge in [-0.2, -0.15) is 5.26 Å². The third kappa shape index (κ3) is 3.85. The van der Waals surface area contributed by atoms with E-state index in [1.165, 1.54) is 18.2 Å². The van der Waals surface area contributed by atoms with Crippen molar-refractivity contribution in [2.75, 3.05) is 6.61 Å². The van der Waals surface area contributed by atoms with Crippen LogP contribution in [0.3, 0.4) is 0 Å².